The van der Waals surface area contributed by atoms with E-state index in [2.05, 4.69) is 15.9 Å². The number of nitrogens with two attached hydrogens (primary N) is 2. The third-order valence-corrected chi connectivity index (χ3v) is 3.93. The molecule has 1 unspecified atom stereocenters. The summed E-state index contributed by atoms with van der Waals surface area (Å²) >= 11 is 3.36. The number of carbonyl (C=O) groups excluding carboxylic acids is 1. The van der Waals surface area contributed by atoms with Crippen LogP contribution in [0.3, 0.4) is 0 Å². The summed E-state index contributed by atoms with van der Waals surface area (Å²) in [5.41, 5.74) is 11.0. The molecule has 0 aliphatic carbocycles. The van der Waals surface area contributed by atoms with Crippen molar-refractivity contribution >= 4 is 33.5 Å². The van der Waals surface area contributed by atoms with Gasteiger partial charge in [-0.1, -0.05) is 0 Å². The molecule has 19 heavy (non-hydrogen) atoms. The molecule has 1 amide bonds. The van der Waals surface area contributed by atoms with Gasteiger partial charge in [0.1, 0.15) is 5.54 Å². The molecule has 0 spiro atoms. The Kier molecular flexibility index (Phi) is 3.51. The van der Waals surface area contributed by atoms with Gasteiger partial charge in [0.25, 0.3) is 0 Å². The van der Waals surface area contributed by atoms with Gasteiger partial charge in [-0.25, -0.2) is 0 Å². The second-order valence-corrected chi connectivity index (χ2v) is 5.52. The van der Waals surface area contributed by atoms with Crippen molar-refractivity contribution in [3.05, 3.63) is 28.2 Å². The smallest absolute Gasteiger partial charge is 0.325 e. The Bertz CT molecular complexity index is 549. The second kappa shape index (κ2) is 4.82. The number of carboxylic acids is 1. The van der Waals surface area contributed by atoms with Crippen LogP contribution < -0.4 is 16.4 Å². The average molecular weight is 328 g/mol. The maximum absolute atomic E-state index is 11.1. The lowest BCUT2D eigenvalue weighted by atomic mass is 10.0. The summed E-state index contributed by atoms with van der Waals surface area (Å²) in [5.74, 6) is -1.51. The molecule has 2 rings (SSSR count). The van der Waals surface area contributed by atoms with Crippen molar-refractivity contribution in [3.63, 3.8) is 0 Å². The lowest BCUT2D eigenvalue weighted by Gasteiger charge is -2.23. The molecule has 6 nitrogen and oxygen atoms in total. The fraction of sp³-hybridized carbons (Fsp3) is 0.333. The van der Waals surface area contributed by atoms with Crippen LogP contribution in [-0.2, 0) is 4.79 Å². The predicted octanol–water partition coefficient (Wildman–Crippen LogP) is 0.540. The Morgan fingerprint density at radius 2 is 2.11 bits per heavy atom. The second-order valence-electron chi connectivity index (χ2n) is 4.66. The number of benzene rings is 1. The number of nitrogens with zero attached hydrogens (tertiary/aromatic N) is 1. The van der Waals surface area contributed by atoms with Gasteiger partial charge < -0.3 is 21.5 Å². The maximum Gasteiger partial charge on any atom is 0.325 e. The van der Waals surface area contributed by atoms with E-state index in [9.17, 15) is 9.59 Å². The number of hydrogen-bond donors (Lipinski definition) is 3. The van der Waals surface area contributed by atoms with Crippen molar-refractivity contribution in [3.8, 4) is 0 Å². The molecular weight excluding hydrogens is 314 g/mol. The van der Waals surface area contributed by atoms with Gasteiger partial charge in [-0.05, 0) is 40.5 Å². The molecule has 1 fully saturated rings. The number of anilines is 1. The van der Waals surface area contributed by atoms with Crippen LogP contribution in [0.15, 0.2) is 22.7 Å². The molecule has 1 atom stereocenters. The fourth-order valence-electron chi connectivity index (χ4n) is 2.13. The lowest BCUT2D eigenvalue weighted by Crippen LogP contribution is -2.50. The van der Waals surface area contributed by atoms with Gasteiger partial charge in [-0.3, -0.25) is 9.59 Å². The summed E-state index contributed by atoms with van der Waals surface area (Å²) in [7, 11) is 0. The van der Waals surface area contributed by atoms with Gasteiger partial charge >= 0.3 is 5.97 Å². The minimum atomic E-state index is -1.22. The summed E-state index contributed by atoms with van der Waals surface area (Å²) in [6.45, 7) is 0.786. The summed E-state index contributed by atoms with van der Waals surface area (Å²) in [6, 6.07) is 4.96. The molecular formula is C12H14BrN3O3. The van der Waals surface area contributed by atoms with Crippen LogP contribution in [0.2, 0.25) is 0 Å². The van der Waals surface area contributed by atoms with Gasteiger partial charge in [0, 0.05) is 23.1 Å². The van der Waals surface area contributed by atoms with E-state index in [-0.39, 0.29) is 6.54 Å². The molecule has 0 saturated carbocycles. The third-order valence-electron chi connectivity index (χ3n) is 3.30. The SMILES string of the molecule is NC(=O)c1ccc(N2CCC(N)(C(=O)O)C2)c(Br)c1. The van der Waals surface area contributed by atoms with Gasteiger partial charge in [0.2, 0.25) is 5.91 Å². The van der Waals surface area contributed by atoms with Crippen molar-refractivity contribution in [2.45, 2.75) is 12.0 Å². The van der Waals surface area contributed by atoms with Crippen LogP contribution >= 0.6 is 15.9 Å². The first-order valence-corrected chi connectivity index (χ1v) is 6.49. The number of aliphatic carboxylic acids is 1. The topological polar surface area (TPSA) is 110 Å². The van der Waals surface area contributed by atoms with E-state index in [1.807, 2.05) is 4.90 Å². The summed E-state index contributed by atoms with van der Waals surface area (Å²) in [5, 5.41) is 9.10. The highest BCUT2D eigenvalue weighted by Gasteiger charge is 2.41. The number of amides is 1. The van der Waals surface area contributed by atoms with E-state index in [1.165, 1.54) is 0 Å². The highest BCUT2D eigenvalue weighted by molar-refractivity contribution is 9.10. The normalized spacial score (nSPS) is 22.5. The lowest BCUT2D eigenvalue weighted by molar-refractivity contribution is -0.142. The molecule has 0 aromatic heterocycles. The molecule has 7 heteroatoms. The largest absolute Gasteiger partial charge is 0.480 e. The van der Waals surface area contributed by atoms with Crippen molar-refractivity contribution < 1.29 is 14.7 Å². The van der Waals surface area contributed by atoms with E-state index in [0.29, 0.717) is 23.0 Å². The summed E-state index contributed by atoms with van der Waals surface area (Å²) in [6.07, 6.45) is 0.381. The molecule has 1 aromatic carbocycles. The van der Waals surface area contributed by atoms with E-state index < -0.39 is 17.4 Å². The molecule has 1 saturated heterocycles. The zero-order valence-electron chi connectivity index (χ0n) is 10.1. The van der Waals surface area contributed by atoms with E-state index >= 15 is 0 Å². The van der Waals surface area contributed by atoms with Crippen LogP contribution in [0.5, 0.6) is 0 Å². The number of halogens is 1. The Morgan fingerprint density at radius 1 is 1.42 bits per heavy atom. The first-order chi connectivity index (χ1) is 8.83. The Morgan fingerprint density at radius 3 is 2.58 bits per heavy atom. The molecule has 5 N–H and O–H groups in total. The summed E-state index contributed by atoms with van der Waals surface area (Å²) < 4.78 is 0.693. The molecule has 1 aliphatic rings. The van der Waals surface area contributed by atoms with Crippen molar-refractivity contribution in [2.75, 3.05) is 18.0 Å². The van der Waals surface area contributed by atoms with Crippen molar-refractivity contribution in [2.24, 2.45) is 11.5 Å². The number of hydrogen-bond acceptors (Lipinski definition) is 4. The molecule has 0 radical (unpaired) electrons. The average Bonchev–Trinajstić information content (AvgIpc) is 2.73. The standard InChI is InChI=1S/C12H14BrN3O3/c13-8-5-7(10(14)17)1-2-9(8)16-4-3-12(15,6-16)11(18)19/h1-2,5H,3-4,6,15H2,(H2,14,17)(H,18,19). The number of rotatable bonds is 3. The minimum Gasteiger partial charge on any atom is -0.480 e. The van der Waals surface area contributed by atoms with Gasteiger partial charge in [0.05, 0.1) is 5.69 Å². The minimum absolute atomic E-state index is 0.233. The van der Waals surface area contributed by atoms with Gasteiger partial charge in [-0.15, -0.1) is 0 Å². The Hall–Kier alpha value is -1.60. The quantitative estimate of drug-likeness (QED) is 0.750. The highest BCUT2D eigenvalue weighted by atomic mass is 79.9. The Labute approximate surface area is 118 Å². The highest BCUT2D eigenvalue weighted by Crippen LogP contribution is 2.32. The fourth-order valence-corrected chi connectivity index (χ4v) is 2.76. The zero-order chi connectivity index (χ0) is 14.2. The van der Waals surface area contributed by atoms with Crippen LogP contribution in [0.4, 0.5) is 5.69 Å². The first-order valence-electron chi connectivity index (χ1n) is 5.70. The van der Waals surface area contributed by atoms with E-state index in [0.717, 1.165) is 5.69 Å². The zero-order valence-corrected chi connectivity index (χ0v) is 11.7. The predicted molar refractivity (Wildman–Crippen MR) is 74.0 cm³/mol. The van der Waals surface area contributed by atoms with Gasteiger partial charge in [-0.2, -0.15) is 0 Å². The number of carbonyl (C=O) groups is 2. The maximum atomic E-state index is 11.1. The van der Waals surface area contributed by atoms with Crippen molar-refractivity contribution in [1.82, 2.24) is 0 Å². The number of carboxylic acid groups (broad SMARTS) is 1. The first kappa shape index (κ1) is 13.8. The van der Waals surface area contributed by atoms with Gasteiger partial charge in [0.15, 0.2) is 0 Å². The molecule has 1 aromatic rings. The number of primary amides is 1. The van der Waals surface area contributed by atoms with Crippen LogP contribution in [0.25, 0.3) is 0 Å². The van der Waals surface area contributed by atoms with Crippen LogP contribution in [0, 0.1) is 0 Å². The molecule has 102 valence electrons. The molecule has 0 bridgehead atoms. The monoisotopic (exact) mass is 327 g/mol. The van der Waals surface area contributed by atoms with E-state index in [1.54, 1.807) is 18.2 Å². The van der Waals surface area contributed by atoms with E-state index in [4.69, 9.17) is 16.6 Å². The van der Waals surface area contributed by atoms with Crippen LogP contribution in [-0.4, -0.2) is 35.6 Å². The molecule has 1 aliphatic heterocycles. The Balaban J connectivity index is 2.25. The summed E-state index contributed by atoms with van der Waals surface area (Å²) in [4.78, 5) is 24.1. The van der Waals surface area contributed by atoms with Crippen LogP contribution in [0.1, 0.15) is 16.8 Å². The van der Waals surface area contributed by atoms with Crippen molar-refractivity contribution in [1.29, 1.82) is 0 Å². The third kappa shape index (κ3) is 2.57. The molecule has 1 heterocycles.